The molecule has 1 aromatic carbocycles. The van der Waals surface area contributed by atoms with Gasteiger partial charge in [-0.3, -0.25) is 4.79 Å². The first-order valence-corrected chi connectivity index (χ1v) is 4.86. The summed E-state index contributed by atoms with van der Waals surface area (Å²) < 4.78 is 18.7. The molecule has 0 aliphatic heterocycles. The number of aryl methyl sites for hydroxylation is 1. The molecule has 0 spiro atoms. The highest BCUT2D eigenvalue weighted by molar-refractivity contribution is 6.31. The monoisotopic (exact) mass is 230 g/mol. The number of ketones is 1. The smallest absolute Gasteiger partial charge is 0.149 e. The van der Waals surface area contributed by atoms with Gasteiger partial charge >= 0.3 is 0 Å². The van der Waals surface area contributed by atoms with Gasteiger partial charge in [-0.25, -0.2) is 4.39 Å². The second kappa shape index (κ2) is 4.62. The van der Waals surface area contributed by atoms with Gasteiger partial charge in [-0.05, 0) is 25.5 Å². The molecule has 0 amide bonds. The molecular formula is C11H12ClFO2. The third-order valence-electron chi connectivity index (χ3n) is 2.08. The lowest BCUT2D eigenvalue weighted by Crippen LogP contribution is -2.04. The van der Waals surface area contributed by atoms with Crippen LogP contribution in [0.1, 0.15) is 18.1 Å². The number of ether oxygens (including phenoxy) is 1. The molecule has 1 aromatic rings. The average Bonchev–Trinajstić information content (AvgIpc) is 2.13. The second-order valence-electron chi connectivity index (χ2n) is 3.38. The number of carbonyl (C=O) groups is 1. The minimum absolute atomic E-state index is 0.00356. The van der Waals surface area contributed by atoms with Crippen LogP contribution < -0.4 is 4.74 Å². The normalized spacial score (nSPS) is 10.2. The maximum atomic E-state index is 13.6. The van der Waals surface area contributed by atoms with Crippen LogP contribution in [0.2, 0.25) is 5.02 Å². The first-order valence-electron chi connectivity index (χ1n) is 4.48. The van der Waals surface area contributed by atoms with Crippen molar-refractivity contribution in [2.45, 2.75) is 20.3 Å². The second-order valence-corrected chi connectivity index (χ2v) is 3.79. The van der Waals surface area contributed by atoms with E-state index in [2.05, 4.69) is 0 Å². The Labute approximate surface area is 93.0 Å². The van der Waals surface area contributed by atoms with E-state index in [1.807, 2.05) is 0 Å². The van der Waals surface area contributed by atoms with Crippen LogP contribution in [0.5, 0.6) is 5.75 Å². The number of halogens is 2. The Bertz CT molecular complexity index is 402. The standard InChI is InChI=1S/C11H12ClFO2/c1-6-4-9(12)10(13)8(5-7(2)14)11(6)15-3/h4H,5H2,1-3H3. The van der Waals surface area contributed by atoms with Crippen molar-refractivity contribution >= 4 is 17.4 Å². The molecule has 0 atom stereocenters. The van der Waals surface area contributed by atoms with E-state index < -0.39 is 5.82 Å². The minimum Gasteiger partial charge on any atom is -0.496 e. The molecule has 0 aliphatic rings. The van der Waals surface area contributed by atoms with Crippen molar-refractivity contribution in [1.29, 1.82) is 0 Å². The van der Waals surface area contributed by atoms with Crippen molar-refractivity contribution in [3.8, 4) is 5.75 Å². The molecule has 4 heteroatoms. The van der Waals surface area contributed by atoms with Crippen LogP contribution in [0.4, 0.5) is 4.39 Å². The van der Waals surface area contributed by atoms with Crippen molar-refractivity contribution in [3.63, 3.8) is 0 Å². The van der Waals surface area contributed by atoms with E-state index in [-0.39, 0.29) is 22.8 Å². The highest BCUT2D eigenvalue weighted by Gasteiger charge is 2.17. The summed E-state index contributed by atoms with van der Waals surface area (Å²) in [5.41, 5.74) is 0.954. The summed E-state index contributed by atoms with van der Waals surface area (Å²) in [7, 11) is 1.44. The molecule has 0 bridgehead atoms. The Hall–Kier alpha value is -1.09. The molecule has 0 saturated heterocycles. The number of carbonyl (C=O) groups excluding carboxylic acids is 1. The van der Waals surface area contributed by atoms with Crippen molar-refractivity contribution < 1.29 is 13.9 Å². The maximum absolute atomic E-state index is 13.6. The van der Waals surface area contributed by atoms with Gasteiger partial charge in [-0.15, -0.1) is 0 Å². The molecule has 15 heavy (non-hydrogen) atoms. The van der Waals surface area contributed by atoms with E-state index in [0.717, 1.165) is 5.56 Å². The first kappa shape index (κ1) is 12.0. The van der Waals surface area contributed by atoms with E-state index in [9.17, 15) is 9.18 Å². The topological polar surface area (TPSA) is 26.3 Å². The Morgan fingerprint density at radius 2 is 2.20 bits per heavy atom. The molecule has 0 aliphatic carbocycles. The molecule has 0 radical (unpaired) electrons. The van der Waals surface area contributed by atoms with Gasteiger partial charge in [0.05, 0.1) is 12.1 Å². The van der Waals surface area contributed by atoms with Crippen LogP contribution in [0.25, 0.3) is 0 Å². The third-order valence-corrected chi connectivity index (χ3v) is 2.35. The molecule has 0 N–H and O–H groups in total. The third kappa shape index (κ3) is 2.48. The lowest BCUT2D eigenvalue weighted by Gasteiger charge is -2.12. The first-order chi connectivity index (χ1) is 6.97. The summed E-state index contributed by atoms with van der Waals surface area (Å²) in [6.45, 7) is 3.16. The van der Waals surface area contributed by atoms with Crippen LogP contribution in [-0.2, 0) is 11.2 Å². The molecule has 1 rings (SSSR count). The van der Waals surface area contributed by atoms with Crippen LogP contribution in [-0.4, -0.2) is 12.9 Å². The Morgan fingerprint density at radius 3 is 2.67 bits per heavy atom. The van der Waals surface area contributed by atoms with E-state index in [4.69, 9.17) is 16.3 Å². The summed E-state index contributed by atoms with van der Waals surface area (Å²) in [5, 5.41) is 0.0181. The summed E-state index contributed by atoms with van der Waals surface area (Å²) in [5.74, 6) is -0.310. The van der Waals surface area contributed by atoms with Crippen molar-refractivity contribution in [1.82, 2.24) is 0 Å². The van der Waals surface area contributed by atoms with E-state index >= 15 is 0 Å². The van der Waals surface area contributed by atoms with Gasteiger partial charge in [-0.2, -0.15) is 0 Å². The molecular weight excluding hydrogens is 219 g/mol. The van der Waals surface area contributed by atoms with Crippen molar-refractivity contribution in [2.75, 3.05) is 7.11 Å². The number of hydrogen-bond donors (Lipinski definition) is 0. The molecule has 82 valence electrons. The van der Waals surface area contributed by atoms with Crippen molar-refractivity contribution in [2.24, 2.45) is 0 Å². The molecule has 2 nitrogen and oxygen atoms in total. The largest absolute Gasteiger partial charge is 0.496 e. The predicted octanol–water partition coefficient (Wildman–Crippen LogP) is 2.93. The fraction of sp³-hybridized carbons (Fsp3) is 0.364. The van der Waals surface area contributed by atoms with Gasteiger partial charge in [0.2, 0.25) is 0 Å². The molecule has 0 unspecified atom stereocenters. The SMILES string of the molecule is COc1c(C)cc(Cl)c(F)c1CC(C)=O. The highest BCUT2D eigenvalue weighted by atomic mass is 35.5. The van der Waals surface area contributed by atoms with Gasteiger partial charge in [0.1, 0.15) is 17.3 Å². The number of Topliss-reactive ketones (excluding diaryl/α,β-unsaturated/α-hetero) is 1. The van der Waals surface area contributed by atoms with Crippen molar-refractivity contribution in [3.05, 3.63) is 28.0 Å². The highest BCUT2D eigenvalue weighted by Crippen LogP contribution is 2.31. The van der Waals surface area contributed by atoms with Gasteiger partial charge in [0, 0.05) is 12.0 Å². The lowest BCUT2D eigenvalue weighted by atomic mass is 10.0. The molecule has 0 saturated carbocycles. The summed E-state index contributed by atoms with van der Waals surface area (Å²) in [4.78, 5) is 11.0. The quantitative estimate of drug-likeness (QED) is 0.798. The average molecular weight is 231 g/mol. The maximum Gasteiger partial charge on any atom is 0.149 e. The molecule has 0 aromatic heterocycles. The fourth-order valence-corrected chi connectivity index (χ4v) is 1.77. The number of rotatable bonds is 3. The number of hydrogen-bond acceptors (Lipinski definition) is 2. The number of benzene rings is 1. The van der Waals surface area contributed by atoms with E-state index in [1.165, 1.54) is 20.1 Å². The van der Waals surface area contributed by atoms with Crippen LogP contribution in [0.3, 0.4) is 0 Å². The number of methoxy groups -OCH3 is 1. The van der Waals surface area contributed by atoms with E-state index in [0.29, 0.717) is 5.75 Å². The van der Waals surface area contributed by atoms with Crippen LogP contribution in [0, 0.1) is 12.7 Å². The Kier molecular flexibility index (Phi) is 3.69. The fourth-order valence-electron chi connectivity index (χ4n) is 1.49. The van der Waals surface area contributed by atoms with Crippen LogP contribution in [0.15, 0.2) is 6.07 Å². The Morgan fingerprint density at radius 1 is 1.60 bits per heavy atom. The zero-order valence-electron chi connectivity index (χ0n) is 8.86. The summed E-state index contributed by atoms with van der Waals surface area (Å²) in [6, 6.07) is 1.49. The van der Waals surface area contributed by atoms with Crippen LogP contribution >= 0.6 is 11.6 Å². The zero-order chi connectivity index (χ0) is 11.6. The molecule has 0 fully saturated rings. The lowest BCUT2D eigenvalue weighted by molar-refractivity contribution is -0.116. The van der Waals surface area contributed by atoms with Gasteiger partial charge < -0.3 is 4.74 Å². The summed E-state index contributed by atoms with van der Waals surface area (Å²) in [6.07, 6.45) is -0.00356. The van der Waals surface area contributed by atoms with Gasteiger partial charge in [-0.1, -0.05) is 11.6 Å². The minimum atomic E-state index is -0.575. The van der Waals surface area contributed by atoms with E-state index in [1.54, 1.807) is 6.92 Å². The predicted molar refractivity (Wildman–Crippen MR) is 57.1 cm³/mol. The van der Waals surface area contributed by atoms with Gasteiger partial charge in [0.15, 0.2) is 0 Å². The zero-order valence-corrected chi connectivity index (χ0v) is 9.61. The molecule has 0 heterocycles. The Balaban J connectivity index is 3.36. The summed E-state index contributed by atoms with van der Waals surface area (Å²) >= 11 is 5.69. The van der Waals surface area contributed by atoms with Gasteiger partial charge in [0.25, 0.3) is 0 Å².